The third-order valence-electron chi connectivity index (χ3n) is 2.72. The third kappa shape index (κ3) is 2.82. The van der Waals surface area contributed by atoms with Crippen molar-refractivity contribution in [2.75, 3.05) is 0 Å². The predicted molar refractivity (Wildman–Crippen MR) is 85.2 cm³/mol. The lowest BCUT2D eigenvalue weighted by molar-refractivity contribution is 0.576. The first-order chi connectivity index (χ1) is 9.51. The molecule has 4 nitrogen and oxygen atoms in total. The molecule has 104 valence electrons. The molecule has 0 saturated heterocycles. The largest absolute Gasteiger partial charge is 0.454 e. The van der Waals surface area contributed by atoms with Crippen LogP contribution in [0.5, 0.6) is 0 Å². The summed E-state index contributed by atoms with van der Waals surface area (Å²) in [7, 11) is 0. The molecule has 2 aromatic rings. The van der Waals surface area contributed by atoms with E-state index in [1.54, 1.807) is 11.8 Å². The molecule has 0 bridgehead atoms. The van der Waals surface area contributed by atoms with Gasteiger partial charge >= 0.3 is 0 Å². The SMILES string of the molecule is CC(C)(C)N=C1NNC(c2cc3ccccc3o2)=CS1. The summed E-state index contributed by atoms with van der Waals surface area (Å²) in [6.45, 7) is 6.21. The van der Waals surface area contributed by atoms with Crippen molar-refractivity contribution in [3.8, 4) is 0 Å². The van der Waals surface area contributed by atoms with Gasteiger partial charge in [0.05, 0.1) is 5.54 Å². The van der Waals surface area contributed by atoms with Crippen LogP contribution in [0.2, 0.25) is 0 Å². The maximum Gasteiger partial charge on any atom is 0.180 e. The molecule has 0 saturated carbocycles. The number of thioether (sulfide) groups is 1. The Balaban J connectivity index is 1.84. The van der Waals surface area contributed by atoms with Gasteiger partial charge in [-0.15, -0.1) is 0 Å². The van der Waals surface area contributed by atoms with E-state index in [9.17, 15) is 0 Å². The van der Waals surface area contributed by atoms with Crippen molar-refractivity contribution in [3.63, 3.8) is 0 Å². The van der Waals surface area contributed by atoms with Crippen LogP contribution in [0.25, 0.3) is 16.7 Å². The van der Waals surface area contributed by atoms with Crippen molar-refractivity contribution in [3.05, 3.63) is 41.5 Å². The summed E-state index contributed by atoms with van der Waals surface area (Å²) in [5.74, 6) is 0.820. The second kappa shape index (κ2) is 4.90. The Morgan fingerprint density at radius 3 is 2.60 bits per heavy atom. The molecule has 2 heterocycles. The number of hydrazine groups is 1. The Labute approximate surface area is 122 Å². The number of fused-ring (bicyclic) bond motifs is 1. The van der Waals surface area contributed by atoms with Gasteiger partial charge in [-0.3, -0.25) is 15.8 Å². The van der Waals surface area contributed by atoms with Gasteiger partial charge in [-0.25, -0.2) is 0 Å². The van der Waals surface area contributed by atoms with E-state index < -0.39 is 0 Å². The van der Waals surface area contributed by atoms with Crippen LogP contribution in [0, 0.1) is 0 Å². The number of furan rings is 1. The molecule has 1 aliphatic heterocycles. The zero-order valence-electron chi connectivity index (χ0n) is 11.7. The Morgan fingerprint density at radius 2 is 1.95 bits per heavy atom. The van der Waals surface area contributed by atoms with E-state index in [2.05, 4.69) is 36.6 Å². The fraction of sp³-hybridized carbons (Fsp3) is 0.267. The lowest BCUT2D eigenvalue weighted by atomic mass is 10.1. The van der Waals surface area contributed by atoms with Gasteiger partial charge in [-0.05, 0) is 32.9 Å². The second-order valence-electron chi connectivity index (χ2n) is 5.64. The summed E-state index contributed by atoms with van der Waals surface area (Å²) in [5.41, 5.74) is 7.95. The Kier molecular flexibility index (Phi) is 3.22. The van der Waals surface area contributed by atoms with Crippen molar-refractivity contribution < 1.29 is 4.42 Å². The van der Waals surface area contributed by atoms with Crippen LogP contribution in [0.15, 0.2) is 45.1 Å². The van der Waals surface area contributed by atoms with Crippen LogP contribution >= 0.6 is 11.8 Å². The lowest BCUT2D eigenvalue weighted by Gasteiger charge is -2.20. The van der Waals surface area contributed by atoms with E-state index in [4.69, 9.17) is 4.42 Å². The van der Waals surface area contributed by atoms with E-state index in [0.717, 1.165) is 27.6 Å². The molecular formula is C15H17N3OS. The lowest BCUT2D eigenvalue weighted by Crippen LogP contribution is -2.38. The molecule has 5 heteroatoms. The number of hydrogen-bond donors (Lipinski definition) is 2. The first kappa shape index (κ1) is 13.1. The molecule has 0 unspecified atom stereocenters. The van der Waals surface area contributed by atoms with Crippen LogP contribution in [-0.4, -0.2) is 10.7 Å². The normalized spacial score (nSPS) is 17.8. The average Bonchev–Trinajstić information content (AvgIpc) is 2.81. The van der Waals surface area contributed by atoms with E-state index in [1.807, 2.05) is 35.7 Å². The predicted octanol–water partition coefficient (Wildman–Crippen LogP) is 3.73. The van der Waals surface area contributed by atoms with Crippen LogP contribution in [0.4, 0.5) is 0 Å². The summed E-state index contributed by atoms with van der Waals surface area (Å²) in [5, 5.41) is 3.97. The number of amidine groups is 1. The molecule has 0 aliphatic carbocycles. The third-order valence-corrected chi connectivity index (χ3v) is 3.49. The summed E-state index contributed by atoms with van der Waals surface area (Å²) in [6, 6.07) is 10.0. The number of nitrogens with zero attached hydrogens (tertiary/aromatic N) is 1. The standard InChI is InChI=1S/C15H17N3OS/c1-15(2,3)16-14-18-17-11(9-20-14)13-8-10-6-4-5-7-12(10)19-13/h4-9,17H,1-3H3,(H,16,18). The van der Waals surface area contributed by atoms with Gasteiger partial charge in [-0.1, -0.05) is 30.0 Å². The molecule has 0 amide bonds. The average molecular weight is 287 g/mol. The van der Waals surface area contributed by atoms with Gasteiger partial charge in [0.15, 0.2) is 10.9 Å². The van der Waals surface area contributed by atoms with E-state index >= 15 is 0 Å². The fourth-order valence-electron chi connectivity index (χ4n) is 1.89. The maximum atomic E-state index is 5.82. The molecule has 0 atom stereocenters. The van der Waals surface area contributed by atoms with Crippen molar-refractivity contribution in [2.24, 2.45) is 4.99 Å². The molecular weight excluding hydrogens is 270 g/mol. The maximum absolute atomic E-state index is 5.82. The number of benzene rings is 1. The topological polar surface area (TPSA) is 49.6 Å². The Hall–Kier alpha value is -1.88. The molecule has 1 aromatic carbocycles. The summed E-state index contributed by atoms with van der Waals surface area (Å²) in [4.78, 5) is 4.57. The number of hydrogen-bond acceptors (Lipinski definition) is 4. The van der Waals surface area contributed by atoms with Crippen molar-refractivity contribution in [1.29, 1.82) is 0 Å². The molecule has 0 spiro atoms. The molecule has 3 rings (SSSR count). The van der Waals surface area contributed by atoms with E-state index in [-0.39, 0.29) is 5.54 Å². The first-order valence-corrected chi connectivity index (χ1v) is 7.37. The van der Waals surface area contributed by atoms with E-state index in [1.165, 1.54) is 0 Å². The van der Waals surface area contributed by atoms with Gasteiger partial charge in [0, 0.05) is 10.8 Å². The van der Waals surface area contributed by atoms with Crippen molar-refractivity contribution >= 4 is 33.6 Å². The number of nitrogens with one attached hydrogen (secondary N) is 2. The highest BCUT2D eigenvalue weighted by Crippen LogP contribution is 2.26. The summed E-state index contributed by atoms with van der Waals surface area (Å²) >= 11 is 1.56. The van der Waals surface area contributed by atoms with Gasteiger partial charge in [0.1, 0.15) is 11.3 Å². The molecule has 2 N–H and O–H groups in total. The highest BCUT2D eigenvalue weighted by atomic mass is 32.2. The van der Waals surface area contributed by atoms with Crippen molar-refractivity contribution in [2.45, 2.75) is 26.3 Å². The zero-order chi connectivity index (χ0) is 14.2. The smallest absolute Gasteiger partial charge is 0.180 e. The highest BCUT2D eigenvalue weighted by Gasteiger charge is 2.16. The van der Waals surface area contributed by atoms with Crippen LogP contribution in [-0.2, 0) is 0 Å². The number of aliphatic imine (C=N–C) groups is 1. The first-order valence-electron chi connectivity index (χ1n) is 6.49. The van der Waals surface area contributed by atoms with Gasteiger partial charge in [0.25, 0.3) is 0 Å². The monoisotopic (exact) mass is 287 g/mol. The minimum Gasteiger partial charge on any atom is -0.454 e. The number of rotatable bonds is 1. The number of para-hydroxylation sites is 1. The van der Waals surface area contributed by atoms with Gasteiger partial charge in [0.2, 0.25) is 0 Å². The minimum absolute atomic E-state index is 0.0955. The Morgan fingerprint density at radius 1 is 1.15 bits per heavy atom. The molecule has 0 radical (unpaired) electrons. The minimum atomic E-state index is -0.0955. The molecule has 1 aliphatic rings. The highest BCUT2D eigenvalue weighted by molar-refractivity contribution is 8.16. The van der Waals surface area contributed by atoms with Gasteiger partial charge in [-0.2, -0.15) is 0 Å². The summed E-state index contributed by atoms with van der Waals surface area (Å²) < 4.78 is 5.82. The van der Waals surface area contributed by atoms with Crippen molar-refractivity contribution in [1.82, 2.24) is 10.9 Å². The molecule has 20 heavy (non-hydrogen) atoms. The molecule has 1 aromatic heterocycles. The Bertz CT molecular complexity index is 661. The summed E-state index contributed by atoms with van der Waals surface area (Å²) in [6.07, 6.45) is 0. The quantitative estimate of drug-likeness (QED) is 0.839. The van der Waals surface area contributed by atoms with Crippen LogP contribution in [0.3, 0.4) is 0 Å². The van der Waals surface area contributed by atoms with E-state index in [0.29, 0.717) is 0 Å². The van der Waals surface area contributed by atoms with Crippen LogP contribution in [0.1, 0.15) is 26.5 Å². The van der Waals surface area contributed by atoms with Gasteiger partial charge < -0.3 is 4.42 Å². The fourth-order valence-corrected chi connectivity index (χ4v) is 2.73. The molecule has 0 fully saturated rings. The van der Waals surface area contributed by atoms with Crippen LogP contribution < -0.4 is 10.9 Å². The second-order valence-corrected chi connectivity index (χ2v) is 6.49. The zero-order valence-corrected chi connectivity index (χ0v) is 12.5.